The molecular weight excluding hydrogens is 314 g/mol. The van der Waals surface area contributed by atoms with Crippen LogP contribution < -0.4 is 11.1 Å². The Morgan fingerprint density at radius 2 is 2.00 bits per heavy atom. The summed E-state index contributed by atoms with van der Waals surface area (Å²) in [6, 6.07) is 11.5. The average Bonchev–Trinajstić information content (AvgIpc) is 3.06. The monoisotopic (exact) mass is 335 g/mol. The number of hydrogen-bond donors (Lipinski definition) is 2. The molecule has 6 heteroatoms. The molecule has 1 aromatic carbocycles. The molecule has 23 heavy (non-hydrogen) atoms. The zero-order valence-electron chi connectivity index (χ0n) is 12.9. The summed E-state index contributed by atoms with van der Waals surface area (Å²) in [5.74, 6) is 0.398. The second-order valence-corrected chi connectivity index (χ2v) is 5.80. The lowest BCUT2D eigenvalue weighted by Gasteiger charge is -2.30. The van der Waals surface area contributed by atoms with E-state index in [9.17, 15) is 4.79 Å². The molecule has 1 amide bonds. The van der Waals surface area contributed by atoms with Gasteiger partial charge >= 0.3 is 0 Å². The van der Waals surface area contributed by atoms with Crippen molar-refractivity contribution in [2.24, 2.45) is 11.7 Å². The van der Waals surface area contributed by atoms with Crippen LogP contribution in [0.3, 0.4) is 0 Å². The molecule has 0 aliphatic heterocycles. The van der Waals surface area contributed by atoms with Crippen molar-refractivity contribution in [3.05, 3.63) is 42.2 Å². The van der Waals surface area contributed by atoms with Crippen molar-refractivity contribution in [3.8, 4) is 11.3 Å². The van der Waals surface area contributed by atoms with Crippen molar-refractivity contribution < 1.29 is 9.32 Å². The van der Waals surface area contributed by atoms with Gasteiger partial charge in [-0.15, -0.1) is 12.4 Å². The van der Waals surface area contributed by atoms with Crippen molar-refractivity contribution in [1.29, 1.82) is 0 Å². The molecule has 3 rings (SSSR count). The standard InChI is InChI=1S/C17H21N3O2.ClH/c18-11-13-8-4-5-9-14(13)19-17(21)16-10-15(20-22-16)12-6-2-1-3-7-12;/h1-3,6-7,10,13-14H,4-5,8-9,11,18H2,(H,19,21);1H. The van der Waals surface area contributed by atoms with Crippen molar-refractivity contribution in [2.75, 3.05) is 6.54 Å². The van der Waals surface area contributed by atoms with Crippen molar-refractivity contribution in [1.82, 2.24) is 10.5 Å². The summed E-state index contributed by atoms with van der Waals surface area (Å²) in [4.78, 5) is 12.3. The third-order valence-electron chi connectivity index (χ3n) is 4.33. The molecule has 5 nitrogen and oxygen atoms in total. The molecule has 0 radical (unpaired) electrons. The van der Waals surface area contributed by atoms with Crippen LogP contribution in [-0.4, -0.2) is 23.7 Å². The van der Waals surface area contributed by atoms with Gasteiger partial charge in [-0.3, -0.25) is 4.79 Å². The van der Waals surface area contributed by atoms with Crippen molar-refractivity contribution >= 4 is 18.3 Å². The maximum absolute atomic E-state index is 12.3. The maximum atomic E-state index is 12.3. The highest BCUT2D eigenvalue weighted by molar-refractivity contribution is 5.92. The van der Waals surface area contributed by atoms with Crippen LogP contribution in [0, 0.1) is 5.92 Å². The summed E-state index contributed by atoms with van der Waals surface area (Å²) < 4.78 is 5.20. The van der Waals surface area contributed by atoms with Gasteiger partial charge < -0.3 is 15.6 Å². The van der Waals surface area contributed by atoms with E-state index in [0.717, 1.165) is 24.8 Å². The SMILES string of the molecule is Cl.NCC1CCCCC1NC(=O)c1cc(-c2ccccc2)no1. The Labute approximate surface area is 142 Å². The number of nitrogens with one attached hydrogen (secondary N) is 1. The molecule has 1 aliphatic carbocycles. The fourth-order valence-corrected chi connectivity index (χ4v) is 3.05. The summed E-state index contributed by atoms with van der Waals surface area (Å²) in [5, 5.41) is 7.03. The summed E-state index contributed by atoms with van der Waals surface area (Å²) in [6.07, 6.45) is 4.38. The Morgan fingerprint density at radius 3 is 2.74 bits per heavy atom. The molecule has 1 fully saturated rings. The minimum absolute atomic E-state index is 0. The van der Waals surface area contributed by atoms with Crippen LogP contribution in [0.5, 0.6) is 0 Å². The molecule has 1 aromatic heterocycles. The molecule has 0 spiro atoms. The third-order valence-corrected chi connectivity index (χ3v) is 4.33. The molecular formula is C17H22ClN3O2. The van der Waals surface area contributed by atoms with Crippen LogP contribution in [0.25, 0.3) is 11.3 Å². The summed E-state index contributed by atoms with van der Waals surface area (Å²) in [7, 11) is 0. The van der Waals surface area contributed by atoms with E-state index in [4.69, 9.17) is 10.3 Å². The first kappa shape index (κ1) is 17.5. The number of halogens is 1. The van der Waals surface area contributed by atoms with Crippen LogP contribution in [-0.2, 0) is 0 Å². The summed E-state index contributed by atoms with van der Waals surface area (Å²) in [6.45, 7) is 0.608. The first-order valence-electron chi connectivity index (χ1n) is 7.81. The van der Waals surface area contributed by atoms with Gasteiger partial charge in [0.1, 0.15) is 5.69 Å². The predicted molar refractivity (Wildman–Crippen MR) is 91.5 cm³/mol. The van der Waals surface area contributed by atoms with Crippen LogP contribution in [0.15, 0.2) is 40.9 Å². The van der Waals surface area contributed by atoms with Crippen molar-refractivity contribution in [2.45, 2.75) is 31.7 Å². The highest BCUT2D eigenvalue weighted by atomic mass is 35.5. The van der Waals surface area contributed by atoms with Crippen LogP contribution >= 0.6 is 12.4 Å². The summed E-state index contributed by atoms with van der Waals surface area (Å²) in [5.41, 5.74) is 7.41. The van der Waals surface area contributed by atoms with Crippen molar-refractivity contribution in [3.63, 3.8) is 0 Å². The van der Waals surface area contributed by atoms with E-state index in [-0.39, 0.29) is 30.1 Å². The molecule has 1 heterocycles. The lowest BCUT2D eigenvalue weighted by molar-refractivity contribution is 0.0870. The Kier molecular flexibility index (Phi) is 6.19. The van der Waals surface area contributed by atoms with Gasteiger partial charge in [-0.2, -0.15) is 0 Å². The number of nitrogens with two attached hydrogens (primary N) is 1. The molecule has 2 aromatic rings. The molecule has 124 valence electrons. The zero-order chi connectivity index (χ0) is 15.4. The second-order valence-electron chi connectivity index (χ2n) is 5.80. The molecule has 1 saturated carbocycles. The Balaban J connectivity index is 0.00000192. The number of carbonyl (C=O) groups is 1. The van der Waals surface area contributed by atoms with E-state index in [1.807, 2.05) is 30.3 Å². The topological polar surface area (TPSA) is 81.1 Å². The van der Waals surface area contributed by atoms with Gasteiger partial charge in [-0.25, -0.2) is 0 Å². The van der Waals surface area contributed by atoms with Gasteiger partial charge in [-0.05, 0) is 25.3 Å². The largest absolute Gasteiger partial charge is 0.350 e. The fourth-order valence-electron chi connectivity index (χ4n) is 3.05. The fraction of sp³-hybridized carbons (Fsp3) is 0.412. The normalized spacial score (nSPS) is 20.6. The minimum atomic E-state index is -0.208. The van der Waals surface area contributed by atoms with E-state index in [1.54, 1.807) is 6.07 Å². The minimum Gasteiger partial charge on any atom is -0.350 e. The molecule has 0 bridgehead atoms. The highest BCUT2D eigenvalue weighted by Gasteiger charge is 2.26. The number of aromatic nitrogens is 1. The van der Waals surface area contributed by atoms with E-state index >= 15 is 0 Å². The van der Waals surface area contributed by atoms with Crippen LogP contribution in [0.2, 0.25) is 0 Å². The van der Waals surface area contributed by atoms with Crippen LogP contribution in [0.4, 0.5) is 0 Å². The quantitative estimate of drug-likeness (QED) is 0.900. The number of hydrogen-bond acceptors (Lipinski definition) is 4. The molecule has 0 saturated heterocycles. The second kappa shape index (κ2) is 8.13. The number of amides is 1. The molecule has 2 unspecified atom stereocenters. The highest BCUT2D eigenvalue weighted by Crippen LogP contribution is 2.24. The Morgan fingerprint density at radius 1 is 1.26 bits per heavy atom. The van der Waals surface area contributed by atoms with E-state index < -0.39 is 0 Å². The number of carbonyl (C=O) groups excluding carboxylic acids is 1. The molecule has 3 N–H and O–H groups in total. The van der Waals surface area contributed by atoms with Gasteiger partial charge in [-0.1, -0.05) is 48.3 Å². The first-order chi connectivity index (χ1) is 10.8. The Bertz CT molecular complexity index is 630. The van der Waals surface area contributed by atoms with Gasteiger partial charge in [0.15, 0.2) is 0 Å². The predicted octanol–water partition coefficient (Wildman–Crippen LogP) is 3.01. The first-order valence-corrected chi connectivity index (χ1v) is 7.81. The summed E-state index contributed by atoms with van der Waals surface area (Å²) >= 11 is 0. The van der Waals surface area contributed by atoms with Crippen LogP contribution in [0.1, 0.15) is 36.2 Å². The van der Waals surface area contributed by atoms with E-state index in [1.165, 1.54) is 6.42 Å². The van der Waals surface area contributed by atoms with E-state index in [2.05, 4.69) is 10.5 Å². The lowest BCUT2D eigenvalue weighted by Crippen LogP contribution is -2.44. The number of rotatable bonds is 4. The van der Waals surface area contributed by atoms with Gasteiger partial charge in [0.25, 0.3) is 5.91 Å². The smallest absolute Gasteiger partial charge is 0.290 e. The van der Waals surface area contributed by atoms with E-state index in [0.29, 0.717) is 18.2 Å². The molecule has 1 aliphatic rings. The zero-order valence-corrected chi connectivity index (χ0v) is 13.7. The average molecular weight is 336 g/mol. The molecule has 2 atom stereocenters. The number of benzene rings is 1. The van der Waals surface area contributed by atoms with Gasteiger partial charge in [0.2, 0.25) is 5.76 Å². The van der Waals surface area contributed by atoms with Gasteiger partial charge in [0, 0.05) is 17.7 Å². The van der Waals surface area contributed by atoms with Gasteiger partial charge in [0.05, 0.1) is 0 Å². The Hall–Kier alpha value is -1.85. The lowest BCUT2D eigenvalue weighted by atomic mass is 9.84. The maximum Gasteiger partial charge on any atom is 0.290 e. The third kappa shape index (κ3) is 4.12. The number of nitrogens with zero attached hydrogens (tertiary/aromatic N) is 1.